The van der Waals surface area contributed by atoms with Gasteiger partial charge in [-0.25, -0.2) is 9.97 Å². The van der Waals surface area contributed by atoms with Crippen molar-refractivity contribution in [2.24, 2.45) is 0 Å². The summed E-state index contributed by atoms with van der Waals surface area (Å²) in [6.07, 6.45) is 5.90. The maximum atomic E-state index is 6.09. The topological polar surface area (TPSA) is 88.2 Å². The number of aromatic amines is 1. The Morgan fingerprint density at radius 3 is 2.87 bits per heavy atom. The van der Waals surface area contributed by atoms with Gasteiger partial charge in [-0.05, 0) is 50.2 Å². The molecule has 2 aromatic heterocycles. The van der Waals surface area contributed by atoms with Crippen LogP contribution in [0.25, 0.3) is 21.8 Å². The maximum Gasteiger partial charge on any atom is 0.162 e. The minimum absolute atomic E-state index is 0.621. The molecule has 1 fully saturated rings. The van der Waals surface area contributed by atoms with E-state index in [9.17, 15) is 0 Å². The first kappa shape index (κ1) is 18.6. The van der Waals surface area contributed by atoms with Crippen LogP contribution in [0.2, 0.25) is 0 Å². The van der Waals surface area contributed by atoms with Crippen LogP contribution in [0, 0.1) is 0 Å². The van der Waals surface area contributed by atoms with Gasteiger partial charge in [-0.3, -0.25) is 10.00 Å². The number of hydrogen-bond acceptors (Lipinski definition) is 7. The minimum Gasteiger partial charge on any atom is -0.493 e. The van der Waals surface area contributed by atoms with Gasteiger partial charge < -0.3 is 14.8 Å². The van der Waals surface area contributed by atoms with Gasteiger partial charge in [-0.1, -0.05) is 0 Å². The Labute approximate surface area is 174 Å². The van der Waals surface area contributed by atoms with Crippen LogP contribution in [0.5, 0.6) is 11.5 Å². The van der Waals surface area contributed by atoms with Gasteiger partial charge in [-0.15, -0.1) is 0 Å². The van der Waals surface area contributed by atoms with E-state index in [1.165, 1.54) is 12.8 Å². The van der Waals surface area contributed by atoms with E-state index in [1.807, 2.05) is 30.3 Å². The van der Waals surface area contributed by atoms with E-state index in [0.717, 1.165) is 52.9 Å². The second-order valence-corrected chi connectivity index (χ2v) is 7.44. The Morgan fingerprint density at radius 2 is 2.00 bits per heavy atom. The number of benzene rings is 2. The molecule has 0 amide bonds. The highest BCUT2D eigenvalue weighted by atomic mass is 16.5. The summed E-state index contributed by atoms with van der Waals surface area (Å²) in [5.41, 5.74) is 2.71. The number of hydrogen-bond donors (Lipinski definition) is 2. The number of fused-ring (bicyclic) bond motifs is 2. The molecule has 3 heterocycles. The first-order valence-corrected chi connectivity index (χ1v) is 10.2. The molecule has 0 spiro atoms. The Kier molecular flexibility index (Phi) is 5.06. The van der Waals surface area contributed by atoms with Crippen molar-refractivity contribution in [1.29, 1.82) is 0 Å². The van der Waals surface area contributed by atoms with Gasteiger partial charge in [0.25, 0.3) is 0 Å². The van der Waals surface area contributed by atoms with Crippen molar-refractivity contribution >= 4 is 33.3 Å². The zero-order valence-electron chi connectivity index (χ0n) is 16.9. The normalized spacial score (nSPS) is 14.4. The van der Waals surface area contributed by atoms with E-state index in [2.05, 4.69) is 30.4 Å². The molecule has 1 saturated heterocycles. The third-order valence-corrected chi connectivity index (χ3v) is 5.49. The molecule has 1 aliphatic rings. The first-order valence-electron chi connectivity index (χ1n) is 10.2. The predicted molar refractivity (Wildman–Crippen MR) is 117 cm³/mol. The summed E-state index contributed by atoms with van der Waals surface area (Å²) in [5.74, 6) is 2.09. The van der Waals surface area contributed by atoms with Crippen LogP contribution in [0.4, 0.5) is 11.5 Å². The van der Waals surface area contributed by atoms with Crippen molar-refractivity contribution in [2.75, 3.05) is 38.7 Å². The monoisotopic (exact) mass is 404 g/mol. The summed E-state index contributed by atoms with van der Waals surface area (Å²) >= 11 is 0. The summed E-state index contributed by atoms with van der Waals surface area (Å²) in [6.45, 7) is 3.85. The highest BCUT2D eigenvalue weighted by Gasteiger charge is 2.14. The fourth-order valence-corrected chi connectivity index (χ4v) is 3.88. The number of aromatic nitrogens is 4. The molecule has 30 heavy (non-hydrogen) atoms. The lowest BCUT2D eigenvalue weighted by molar-refractivity contribution is 0.230. The molecule has 0 bridgehead atoms. The minimum atomic E-state index is 0.621. The van der Waals surface area contributed by atoms with E-state index in [4.69, 9.17) is 9.47 Å². The number of rotatable bonds is 7. The number of anilines is 2. The standard InChI is InChI=1S/C22H24N6O2/c1-29-20-12-19-17(11-21(20)30-9-8-28-6-2-3-7-28)22(24-14-23-19)26-16-4-5-18-15(10-16)13-25-27-18/h4-5,10-14H,2-3,6-9H2,1H3,(H,25,27)(H,23,24,26). The lowest BCUT2D eigenvalue weighted by atomic mass is 10.2. The van der Waals surface area contributed by atoms with Gasteiger partial charge in [0, 0.05) is 29.1 Å². The molecule has 2 aromatic carbocycles. The summed E-state index contributed by atoms with van der Waals surface area (Å²) in [6, 6.07) is 9.86. The van der Waals surface area contributed by atoms with Gasteiger partial charge in [-0.2, -0.15) is 5.10 Å². The quantitative estimate of drug-likeness (QED) is 0.485. The third-order valence-electron chi connectivity index (χ3n) is 5.49. The summed E-state index contributed by atoms with van der Waals surface area (Å²) in [4.78, 5) is 11.3. The molecule has 1 aliphatic heterocycles. The molecule has 8 nitrogen and oxygen atoms in total. The average Bonchev–Trinajstić information content (AvgIpc) is 3.45. The van der Waals surface area contributed by atoms with Gasteiger partial charge in [0.1, 0.15) is 18.8 Å². The molecule has 0 saturated carbocycles. The summed E-state index contributed by atoms with van der Waals surface area (Å²) in [5, 5.41) is 12.3. The van der Waals surface area contributed by atoms with Crippen molar-refractivity contribution in [2.45, 2.75) is 12.8 Å². The maximum absolute atomic E-state index is 6.09. The third kappa shape index (κ3) is 3.73. The lowest BCUT2D eigenvalue weighted by Gasteiger charge is -2.17. The Morgan fingerprint density at radius 1 is 1.10 bits per heavy atom. The highest BCUT2D eigenvalue weighted by molar-refractivity contribution is 5.94. The van der Waals surface area contributed by atoms with Gasteiger partial charge in [0.05, 0.1) is 24.3 Å². The van der Waals surface area contributed by atoms with Crippen LogP contribution in [0.3, 0.4) is 0 Å². The van der Waals surface area contributed by atoms with E-state index < -0.39 is 0 Å². The van der Waals surface area contributed by atoms with Crippen molar-refractivity contribution < 1.29 is 9.47 Å². The zero-order chi connectivity index (χ0) is 20.3. The largest absolute Gasteiger partial charge is 0.493 e. The van der Waals surface area contributed by atoms with Crippen LogP contribution in [-0.4, -0.2) is 58.4 Å². The predicted octanol–water partition coefficient (Wildman–Crippen LogP) is 3.73. The van der Waals surface area contributed by atoms with Crippen molar-refractivity contribution in [3.05, 3.63) is 42.9 Å². The Hall–Kier alpha value is -3.39. The molecule has 8 heteroatoms. The van der Waals surface area contributed by atoms with Crippen LogP contribution in [0.1, 0.15) is 12.8 Å². The number of likely N-dealkylation sites (tertiary alicyclic amines) is 1. The number of nitrogens with one attached hydrogen (secondary N) is 2. The number of nitrogens with zero attached hydrogens (tertiary/aromatic N) is 4. The summed E-state index contributed by atoms with van der Waals surface area (Å²) in [7, 11) is 1.65. The van der Waals surface area contributed by atoms with Gasteiger partial charge in [0.2, 0.25) is 0 Å². The molecule has 0 radical (unpaired) electrons. The number of methoxy groups -OCH3 is 1. The van der Waals surface area contributed by atoms with Crippen LogP contribution < -0.4 is 14.8 Å². The SMILES string of the molecule is COc1cc2ncnc(Nc3ccc4[nH]ncc4c3)c2cc1OCCN1CCCC1. The van der Waals surface area contributed by atoms with Crippen molar-refractivity contribution in [3.63, 3.8) is 0 Å². The van der Waals surface area contributed by atoms with Crippen LogP contribution >= 0.6 is 0 Å². The van der Waals surface area contributed by atoms with E-state index >= 15 is 0 Å². The number of ether oxygens (including phenoxy) is 2. The van der Waals surface area contributed by atoms with E-state index in [-0.39, 0.29) is 0 Å². The van der Waals surface area contributed by atoms with E-state index in [0.29, 0.717) is 18.1 Å². The summed E-state index contributed by atoms with van der Waals surface area (Å²) < 4.78 is 11.6. The molecule has 4 aromatic rings. The molecular weight excluding hydrogens is 380 g/mol. The molecule has 5 rings (SSSR count). The highest BCUT2D eigenvalue weighted by Crippen LogP contribution is 2.35. The number of H-pyrrole nitrogens is 1. The zero-order valence-corrected chi connectivity index (χ0v) is 16.9. The fraction of sp³-hybridized carbons (Fsp3) is 0.318. The molecule has 0 atom stereocenters. The smallest absolute Gasteiger partial charge is 0.162 e. The molecule has 2 N–H and O–H groups in total. The first-order chi connectivity index (χ1) is 14.8. The molecule has 0 unspecified atom stereocenters. The van der Waals surface area contributed by atoms with Crippen molar-refractivity contribution in [3.8, 4) is 11.5 Å². The van der Waals surface area contributed by atoms with Gasteiger partial charge >= 0.3 is 0 Å². The molecular formula is C22H24N6O2. The van der Waals surface area contributed by atoms with Crippen molar-refractivity contribution in [1.82, 2.24) is 25.1 Å². The fourth-order valence-electron chi connectivity index (χ4n) is 3.88. The molecule has 154 valence electrons. The Bertz CT molecular complexity index is 1170. The second kappa shape index (κ2) is 8.16. The lowest BCUT2D eigenvalue weighted by Crippen LogP contribution is -2.25. The van der Waals surface area contributed by atoms with Crippen LogP contribution in [0.15, 0.2) is 42.9 Å². The Balaban J connectivity index is 1.42. The van der Waals surface area contributed by atoms with Gasteiger partial charge in [0.15, 0.2) is 11.5 Å². The average molecular weight is 404 g/mol. The molecule has 0 aliphatic carbocycles. The van der Waals surface area contributed by atoms with Crippen LogP contribution in [-0.2, 0) is 0 Å². The van der Waals surface area contributed by atoms with E-state index in [1.54, 1.807) is 19.6 Å². The second-order valence-electron chi connectivity index (χ2n) is 7.44.